The molecule has 166 valence electrons. The molecule has 0 aliphatic carbocycles. The molecule has 9 heteroatoms. The van der Waals surface area contributed by atoms with E-state index in [0.29, 0.717) is 25.4 Å². The van der Waals surface area contributed by atoms with Crippen molar-refractivity contribution in [1.82, 2.24) is 14.5 Å². The van der Waals surface area contributed by atoms with Gasteiger partial charge in [-0.2, -0.15) is 0 Å². The number of carbonyl (C=O) groups excluding carboxylic acids is 1. The molecule has 0 saturated carbocycles. The Kier molecular flexibility index (Phi) is 6.58. The lowest BCUT2D eigenvalue weighted by molar-refractivity contribution is -0.384. The highest BCUT2D eigenvalue weighted by molar-refractivity contribution is 6.07. The van der Waals surface area contributed by atoms with Gasteiger partial charge < -0.3 is 14.6 Å². The summed E-state index contributed by atoms with van der Waals surface area (Å²) in [5, 5.41) is 15.2. The lowest BCUT2D eigenvalue weighted by atomic mass is 10.0. The molecule has 1 atom stereocenters. The first-order chi connectivity index (χ1) is 15.5. The molecule has 1 aliphatic heterocycles. The van der Waals surface area contributed by atoms with Crippen molar-refractivity contribution in [3.05, 3.63) is 88.0 Å². The average molecular weight is 435 g/mol. The van der Waals surface area contributed by atoms with Gasteiger partial charge in [-0.1, -0.05) is 30.3 Å². The number of nitro benzene ring substituents is 1. The Hall–Kier alpha value is -3.56. The maximum Gasteiger partial charge on any atom is 0.293 e. The van der Waals surface area contributed by atoms with E-state index in [0.717, 1.165) is 18.7 Å². The highest BCUT2D eigenvalue weighted by Gasteiger charge is 2.24. The van der Waals surface area contributed by atoms with Crippen molar-refractivity contribution in [2.75, 3.05) is 38.2 Å². The van der Waals surface area contributed by atoms with E-state index >= 15 is 0 Å². The van der Waals surface area contributed by atoms with Crippen molar-refractivity contribution in [2.24, 2.45) is 7.05 Å². The van der Waals surface area contributed by atoms with Crippen LogP contribution in [0.15, 0.2) is 60.9 Å². The zero-order valence-electron chi connectivity index (χ0n) is 17.8. The zero-order chi connectivity index (χ0) is 22.5. The Labute approximate surface area is 185 Å². The van der Waals surface area contributed by atoms with Crippen LogP contribution in [0.3, 0.4) is 0 Å². The summed E-state index contributed by atoms with van der Waals surface area (Å²) < 4.78 is 7.03. The van der Waals surface area contributed by atoms with Gasteiger partial charge in [0.1, 0.15) is 5.69 Å². The molecule has 9 nitrogen and oxygen atoms in total. The number of hydrogen-bond donors (Lipinski definition) is 1. The summed E-state index contributed by atoms with van der Waals surface area (Å²) in [6.45, 7) is 3.64. The van der Waals surface area contributed by atoms with Gasteiger partial charge in [-0.3, -0.25) is 19.8 Å². The van der Waals surface area contributed by atoms with Crippen molar-refractivity contribution in [3.8, 4) is 0 Å². The highest BCUT2D eigenvalue weighted by Crippen LogP contribution is 2.30. The first-order valence-electron chi connectivity index (χ1n) is 10.4. The molecule has 0 spiro atoms. The topological polar surface area (TPSA) is 103 Å². The van der Waals surface area contributed by atoms with Crippen LogP contribution in [0.1, 0.15) is 27.8 Å². The van der Waals surface area contributed by atoms with Crippen molar-refractivity contribution in [3.63, 3.8) is 0 Å². The number of aromatic nitrogens is 2. The van der Waals surface area contributed by atoms with Crippen LogP contribution < -0.4 is 5.32 Å². The number of morpholine rings is 1. The monoisotopic (exact) mass is 435 g/mol. The minimum absolute atomic E-state index is 0.145. The number of ketones is 1. The van der Waals surface area contributed by atoms with Crippen LogP contribution in [0, 0.1) is 10.1 Å². The smallest absolute Gasteiger partial charge is 0.293 e. The Balaban J connectivity index is 1.63. The predicted octanol–water partition coefficient (Wildman–Crippen LogP) is 3.04. The van der Waals surface area contributed by atoms with Crippen molar-refractivity contribution in [1.29, 1.82) is 0 Å². The van der Waals surface area contributed by atoms with Gasteiger partial charge in [0.15, 0.2) is 5.82 Å². The third-order valence-corrected chi connectivity index (χ3v) is 5.56. The molecule has 3 aromatic rings. The first kappa shape index (κ1) is 21.7. The number of ether oxygens (including phenoxy) is 1. The Bertz CT molecular complexity index is 1090. The maximum absolute atomic E-state index is 12.8. The highest BCUT2D eigenvalue weighted by atomic mass is 16.6. The Morgan fingerprint density at radius 3 is 2.62 bits per heavy atom. The van der Waals surface area contributed by atoms with E-state index in [1.807, 2.05) is 30.3 Å². The minimum atomic E-state index is -0.464. The molecule has 1 aliphatic rings. The predicted molar refractivity (Wildman–Crippen MR) is 120 cm³/mol. The second-order valence-electron chi connectivity index (χ2n) is 7.70. The van der Waals surface area contributed by atoms with Gasteiger partial charge in [-0.05, 0) is 17.7 Å². The molecular weight excluding hydrogens is 410 g/mol. The zero-order valence-corrected chi connectivity index (χ0v) is 17.8. The van der Waals surface area contributed by atoms with Crippen LogP contribution in [0.25, 0.3) is 0 Å². The van der Waals surface area contributed by atoms with Crippen LogP contribution in [-0.4, -0.2) is 58.0 Å². The molecular formula is C23H25N5O4. The quantitative estimate of drug-likeness (QED) is 0.330. The number of rotatable bonds is 8. The van der Waals surface area contributed by atoms with E-state index in [2.05, 4.69) is 15.2 Å². The minimum Gasteiger partial charge on any atom is -0.379 e. The summed E-state index contributed by atoms with van der Waals surface area (Å²) >= 11 is 0. The Morgan fingerprint density at radius 1 is 1.22 bits per heavy atom. The summed E-state index contributed by atoms with van der Waals surface area (Å²) in [5.74, 6) is -0.130. The van der Waals surface area contributed by atoms with Gasteiger partial charge in [0.05, 0.1) is 24.2 Å². The number of nitrogens with zero attached hydrogens (tertiary/aromatic N) is 4. The molecule has 0 amide bonds. The summed E-state index contributed by atoms with van der Waals surface area (Å²) in [4.78, 5) is 30.5. The fraction of sp³-hybridized carbons (Fsp3) is 0.304. The largest absolute Gasteiger partial charge is 0.379 e. The van der Waals surface area contributed by atoms with Crippen LogP contribution in [0.2, 0.25) is 0 Å². The standard InChI is InChI=1S/C23H25N5O4/c1-26-10-9-24-23(26)22(29)18-7-8-19(21(15-18)28(30)31)25-20(17-5-3-2-4-6-17)16-27-11-13-32-14-12-27/h2-10,15,20,25H,11-14,16H2,1H3. The van der Waals surface area contributed by atoms with Gasteiger partial charge in [0.2, 0.25) is 5.78 Å². The number of nitrogens with one attached hydrogen (secondary N) is 1. The lowest BCUT2D eigenvalue weighted by Gasteiger charge is -2.31. The number of benzene rings is 2. The fourth-order valence-corrected chi connectivity index (χ4v) is 3.81. The molecule has 0 bridgehead atoms. The van der Waals surface area contributed by atoms with Crippen LogP contribution in [0.4, 0.5) is 11.4 Å². The molecule has 1 fully saturated rings. The van der Waals surface area contributed by atoms with Crippen LogP contribution >= 0.6 is 0 Å². The molecule has 2 heterocycles. The maximum atomic E-state index is 12.8. The summed E-state index contributed by atoms with van der Waals surface area (Å²) in [6.07, 6.45) is 3.18. The third kappa shape index (κ3) is 4.84. The fourth-order valence-electron chi connectivity index (χ4n) is 3.81. The molecule has 1 aromatic heterocycles. The first-order valence-corrected chi connectivity index (χ1v) is 10.4. The van der Waals surface area contributed by atoms with Crippen LogP contribution in [-0.2, 0) is 11.8 Å². The molecule has 4 rings (SSSR count). The number of aryl methyl sites for hydroxylation is 1. The van der Waals surface area contributed by atoms with E-state index in [9.17, 15) is 14.9 Å². The van der Waals surface area contributed by atoms with Crippen molar-refractivity contribution < 1.29 is 14.5 Å². The molecule has 1 saturated heterocycles. The number of carbonyl (C=O) groups is 1. The Morgan fingerprint density at radius 2 is 1.97 bits per heavy atom. The van der Waals surface area contributed by atoms with E-state index in [1.165, 1.54) is 12.3 Å². The lowest BCUT2D eigenvalue weighted by Crippen LogP contribution is -2.40. The van der Waals surface area contributed by atoms with E-state index < -0.39 is 4.92 Å². The average Bonchev–Trinajstić information content (AvgIpc) is 3.25. The molecule has 1 N–H and O–H groups in total. The summed E-state index contributed by atoms with van der Waals surface area (Å²) in [5.41, 5.74) is 1.48. The van der Waals surface area contributed by atoms with E-state index in [-0.39, 0.29) is 28.9 Å². The third-order valence-electron chi connectivity index (χ3n) is 5.56. The molecule has 32 heavy (non-hydrogen) atoms. The summed E-state index contributed by atoms with van der Waals surface area (Å²) in [7, 11) is 1.71. The van der Waals surface area contributed by atoms with Gasteiger partial charge in [0, 0.05) is 50.7 Å². The van der Waals surface area contributed by atoms with E-state index in [4.69, 9.17) is 4.74 Å². The van der Waals surface area contributed by atoms with Gasteiger partial charge in [0.25, 0.3) is 5.69 Å². The SMILES string of the molecule is Cn1ccnc1C(=O)c1ccc(NC(CN2CCOCC2)c2ccccc2)c([N+](=O)[O-])c1. The normalized spacial score (nSPS) is 15.3. The van der Waals surface area contributed by atoms with E-state index in [1.54, 1.807) is 29.9 Å². The van der Waals surface area contributed by atoms with Crippen molar-refractivity contribution in [2.45, 2.75) is 6.04 Å². The molecule has 0 radical (unpaired) electrons. The van der Waals surface area contributed by atoms with Gasteiger partial charge in [-0.15, -0.1) is 0 Å². The second-order valence-corrected chi connectivity index (χ2v) is 7.70. The van der Waals surface area contributed by atoms with Crippen LogP contribution in [0.5, 0.6) is 0 Å². The van der Waals surface area contributed by atoms with Gasteiger partial charge in [-0.25, -0.2) is 4.98 Å². The molecule has 2 aromatic carbocycles. The van der Waals surface area contributed by atoms with Gasteiger partial charge >= 0.3 is 0 Å². The number of anilines is 1. The second kappa shape index (κ2) is 9.71. The summed E-state index contributed by atoms with van der Waals surface area (Å²) in [6, 6.07) is 14.2. The number of nitro groups is 1. The van der Waals surface area contributed by atoms with Crippen molar-refractivity contribution >= 4 is 17.2 Å². The molecule has 1 unspecified atom stereocenters. The number of hydrogen-bond acceptors (Lipinski definition) is 7. The number of imidazole rings is 1.